The van der Waals surface area contributed by atoms with Crippen LogP contribution in [0.5, 0.6) is 5.75 Å². The Hall–Kier alpha value is -3.80. The van der Waals surface area contributed by atoms with Gasteiger partial charge in [0.2, 0.25) is 0 Å². The van der Waals surface area contributed by atoms with Gasteiger partial charge in [-0.25, -0.2) is 0 Å². The third-order valence-electron chi connectivity index (χ3n) is 6.71. The third-order valence-corrected chi connectivity index (χ3v) is 6.71. The molecule has 1 N–H and O–H groups in total. The second-order valence-corrected chi connectivity index (χ2v) is 10.3. The Kier molecular flexibility index (Phi) is 5.55. The molecular weight excluding hydrogens is 442 g/mol. The topological polar surface area (TPSA) is 80.0 Å². The zero-order valence-corrected chi connectivity index (χ0v) is 20.4. The Balaban J connectivity index is 1.62. The largest absolute Gasteiger partial charge is 0.507 e. The Morgan fingerprint density at radius 2 is 1.83 bits per heavy atom. The highest BCUT2D eigenvalue weighted by Crippen LogP contribution is 2.41. The monoisotopic (exact) mass is 471 g/mol. The molecule has 2 aliphatic heterocycles. The molecule has 1 amide bonds. The maximum Gasteiger partial charge on any atom is 0.296 e. The van der Waals surface area contributed by atoms with Gasteiger partial charge in [-0.05, 0) is 59.4 Å². The summed E-state index contributed by atoms with van der Waals surface area (Å²) in [5.74, 6) is -0.207. The highest BCUT2D eigenvalue weighted by molar-refractivity contribution is 6.46. The molecule has 0 bridgehead atoms. The Labute approximate surface area is 204 Å². The number of ketones is 1. The van der Waals surface area contributed by atoms with Gasteiger partial charge in [0.25, 0.3) is 11.7 Å². The fourth-order valence-electron chi connectivity index (χ4n) is 4.85. The molecule has 2 atom stereocenters. The van der Waals surface area contributed by atoms with Crippen molar-refractivity contribution in [3.05, 3.63) is 94.4 Å². The lowest BCUT2D eigenvalue weighted by molar-refractivity contribution is -0.140. The van der Waals surface area contributed by atoms with E-state index >= 15 is 0 Å². The van der Waals surface area contributed by atoms with Crippen molar-refractivity contribution in [2.75, 3.05) is 0 Å². The highest BCUT2D eigenvalue weighted by atomic mass is 16.5. The first-order chi connectivity index (χ1) is 16.6. The van der Waals surface area contributed by atoms with E-state index in [0.717, 1.165) is 28.9 Å². The molecule has 6 heteroatoms. The van der Waals surface area contributed by atoms with Crippen molar-refractivity contribution in [3.8, 4) is 5.75 Å². The number of amides is 1. The normalized spacial score (nSPS) is 21.3. The number of carbonyl (C=O) groups excluding carboxylic acids is 2. The Bertz CT molecular complexity index is 1310. The standard InChI is InChI=1S/C29H29NO5/c1-17-14-20-15-19(9-12-23(20)35-17)26(31)24-25(18-7-10-21(11-8-18)29(2,3)4)30(28(33)27(24)32)16-22-6-5-13-34-22/h5-13,15,17,25,31H,14,16H2,1-4H3/t17-,25-/m0/s1. The van der Waals surface area contributed by atoms with E-state index in [1.165, 1.54) is 11.2 Å². The van der Waals surface area contributed by atoms with Gasteiger partial charge in [0.05, 0.1) is 24.4 Å². The average molecular weight is 472 g/mol. The van der Waals surface area contributed by atoms with Crippen LogP contribution in [-0.4, -0.2) is 27.8 Å². The van der Waals surface area contributed by atoms with Crippen LogP contribution >= 0.6 is 0 Å². The van der Waals surface area contributed by atoms with Gasteiger partial charge in [0.1, 0.15) is 23.4 Å². The summed E-state index contributed by atoms with van der Waals surface area (Å²) in [5, 5.41) is 11.4. The molecule has 2 aliphatic rings. The minimum absolute atomic E-state index is 0.0435. The lowest BCUT2D eigenvalue weighted by Crippen LogP contribution is -2.29. The summed E-state index contributed by atoms with van der Waals surface area (Å²) in [4.78, 5) is 27.9. The van der Waals surface area contributed by atoms with Crippen molar-refractivity contribution in [1.29, 1.82) is 0 Å². The number of ether oxygens (including phenoxy) is 1. The van der Waals surface area contributed by atoms with Gasteiger partial charge in [-0.15, -0.1) is 0 Å². The van der Waals surface area contributed by atoms with Crippen LogP contribution < -0.4 is 4.74 Å². The number of benzene rings is 2. The molecule has 6 nitrogen and oxygen atoms in total. The Morgan fingerprint density at radius 3 is 2.49 bits per heavy atom. The number of rotatable bonds is 4. The summed E-state index contributed by atoms with van der Waals surface area (Å²) >= 11 is 0. The van der Waals surface area contributed by atoms with E-state index in [4.69, 9.17) is 9.15 Å². The van der Waals surface area contributed by atoms with Crippen LogP contribution in [-0.2, 0) is 28.0 Å². The maximum absolute atomic E-state index is 13.3. The predicted octanol–water partition coefficient (Wildman–Crippen LogP) is 5.52. The zero-order valence-electron chi connectivity index (χ0n) is 20.4. The molecule has 1 saturated heterocycles. The molecule has 1 aromatic heterocycles. The van der Waals surface area contributed by atoms with Crippen LogP contribution in [0.3, 0.4) is 0 Å². The second kappa shape index (κ2) is 8.45. The second-order valence-electron chi connectivity index (χ2n) is 10.3. The first-order valence-corrected chi connectivity index (χ1v) is 11.8. The van der Waals surface area contributed by atoms with Gasteiger partial charge in [-0.2, -0.15) is 0 Å². The summed E-state index contributed by atoms with van der Waals surface area (Å²) in [5.41, 5.74) is 3.39. The quantitative estimate of drug-likeness (QED) is 0.308. The van der Waals surface area contributed by atoms with Crippen molar-refractivity contribution in [1.82, 2.24) is 4.90 Å². The van der Waals surface area contributed by atoms with Gasteiger partial charge < -0.3 is 19.2 Å². The van der Waals surface area contributed by atoms with E-state index in [0.29, 0.717) is 11.3 Å². The van der Waals surface area contributed by atoms with Crippen molar-refractivity contribution < 1.29 is 23.8 Å². The van der Waals surface area contributed by atoms with Crippen LogP contribution in [0.25, 0.3) is 5.76 Å². The fourth-order valence-corrected chi connectivity index (χ4v) is 4.85. The number of aliphatic hydroxyl groups is 1. The number of carbonyl (C=O) groups is 2. The summed E-state index contributed by atoms with van der Waals surface area (Å²) in [6.07, 6.45) is 2.32. The molecule has 0 spiro atoms. The zero-order chi connectivity index (χ0) is 24.9. The number of Topliss-reactive ketones (excluding diaryl/α,β-unsaturated/α-hetero) is 1. The molecule has 3 aromatic rings. The van der Waals surface area contributed by atoms with Gasteiger partial charge in [-0.3, -0.25) is 9.59 Å². The van der Waals surface area contributed by atoms with E-state index < -0.39 is 17.7 Å². The first-order valence-electron chi connectivity index (χ1n) is 11.8. The number of furan rings is 1. The number of fused-ring (bicyclic) bond motifs is 1. The summed E-state index contributed by atoms with van der Waals surface area (Å²) in [6.45, 7) is 8.49. The van der Waals surface area contributed by atoms with E-state index in [9.17, 15) is 14.7 Å². The molecule has 5 rings (SSSR count). The Morgan fingerprint density at radius 1 is 1.09 bits per heavy atom. The van der Waals surface area contributed by atoms with E-state index in [-0.39, 0.29) is 29.4 Å². The van der Waals surface area contributed by atoms with E-state index in [1.807, 2.05) is 37.3 Å². The number of hydrogen-bond acceptors (Lipinski definition) is 5. The molecule has 3 heterocycles. The van der Waals surface area contributed by atoms with Crippen molar-refractivity contribution in [3.63, 3.8) is 0 Å². The van der Waals surface area contributed by atoms with Crippen LogP contribution in [0.4, 0.5) is 0 Å². The SMILES string of the molecule is C[C@H]1Cc2cc(C(O)=C3C(=O)C(=O)N(Cc4ccco4)[C@H]3c3ccc(C(C)(C)C)cc3)ccc2O1. The molecular formula is C29H29NO5. The molecule has 35 heavy (non-hydrogen) atoms. The molecule has 2 aromatic carbocycles. The van der Waals surface area contributed by atoms with Gasteiger partial charge in [0.15, 0.2) is 0 Å². The molecule has 1 fully saturated rings. The van der Waals surface area contributed by atoms with Crippen LogP contribution in [0.1, 0.15) is 61.8 Å². The number of nitrogens with zero attached hydrogens (tertiary/aromatic N) is 1. The van der Waals surface area contributed by atoms with E-state index in [2.05, 4.69) is 20.8 Å². The predicted molar refractivity (Wildman–Crippen MR) is 132 cm³/mol. The van der Waals surface area contributed by atoms with Crippen LogP contribution in [0.15, 0.2) is 70.9 Å². The lowest BCUT2D eigenvalue weighted by atomic mass is 9.85. The molecule has 0 saturated carbocycles. The van der Waals surface area contributed by atoms with Gasteiger partial charge >= 0.3 is 0 Å². The summed E-state index contributed by atoms with van der Waals surface area (Å²) in [6, 6.07) is 16.0. The fraction of sp³-hybridized carbons (Fsp3) is 0.310. The minimum atomic E-state index is -0.738. The van der Waals surface area contributed by atoms with Crippen LogP contribution in [0, 0.1) is 0 Å². The summed E-state index contributed by atoms with van der Waals surface area (Å²) < 4.78 is 11.2. The van der Waals surface area contributed by atoms with E-state index in [1.54, 1.807) is 24.3 Å². The molecule has 180 valence electrons. The van der Waals surface area contributed by atoms with Gasteiger partial charge in [-0.1, -0.05) is 45.0 Å². The van der Waals surface area contributed by atoms with Crippen molar-refractivity contribution in [2.45, 2.75) is 58.2 Å². The highest BCUT2D eigenvalue weighted by Gasteiger charge is 2.46. The third kappa shape index (κ3) is 4.14. The number of aliphatic hydroxyl groups excluding tert-OH is 1. The maximum atomic E-state index is 13.3. The number of likely N-dealkylation sites (tertiary alicyclic amines) is 1. The smallest absolute Gasteiger partial charge is 0.296 e. The number of hydrogen-bond donors (Lipinski definition) is 1. The first kappa shape index (κ1) is 23.0. The average Bonchev–Trinajstić information content (AvgIpc) is 3.52. The van der Waals surface area contributed by atoms with Crippen molar-refractivity contribution >= 4 is 17.4 Å². The minimum Gasteiger partial charge on any atom is -0.507 e. The molecule has 0 unspecified atom stereocenters. The van der Waals surface area contributed by atoms with Gasteiger partial charge in [0, 0.05) is 12.0 Å². The lowest BCUT2D eigenvalue weighted by Gasteiger charge is -2.26. The molecule has 0 aliphatic carbocycles. The molecule has 0 radical (unpaired) electrons. The summed E-state index contributed by atoms with van der Waals surface area (Å²) in [7, 11) is 0. The van der Waals surface area contributed by atoms with Crippen LogP contribution in [0.2, 0.25) is 0 Å². The van der Waals surface area contributed by atoms with Crippen molar-refractivity contribution in [2.24, 2.45) is 0 Å².